The van der Waals surface area contributed by atoms with E-state index in [9.17, 15) is 18.0 Å². The van der Waals surface area contributed by atoms with Crippen LogP contribution in [0.2, 0.25) is 0 Å². The number of nitrogens with one attached hydrogen (secondary N) is 1. The van der Waals surface area contributed by atoms with Crippen molar-refractivity contribution in [1.82, 2.24) is 5.32 Å². The van der Waals surface area contributed by atoms with Crippen LogP contribution < -0.4 is 5.32 Å². The number of benzene rings is 1. The maximum absolute atomic E-state index is 12.8. The average molecular weight is 310 g/mol. The molecule has 0 amide bonds. The molecule has 3 nitrogen and oxygen atoms in total. The Morgan fingerprint density at radius 2 is 2.00 bits per heavy atom. The van der Waals surface area contributed by atoms with Crippen LogP contribution in [-0.2, 0) is 17.4 Å². The highest BCUT2D eigenvalue weighted by molar-refractivity contribution is 5.85. The lowest BCUT2D eigenvalue weighted by atomic mass is 9.93. The van der Waals surface area contributed by atoms with E-state index in [1.165, 1.54) is 12.1 Å². The van der Waals surface area contributed by atoms with E-state index < -0.39 is 23.8 Å². The largest absolute Gasteiger partial charge is 0.480 e. The third kappa shape index (κ3) is 3.86. The van der Waals surface area contributed by atoms with Crippen LogP contribution in [0, 0.1) is 5.92 Å². The van der Waals surface area contributed by atoms with Crippen molar-refractivity contribution >= 4 is 18.4 Å². The summed E-state index contributed by atoms with van der Waals surface area (Å²) in [4.78, 5) is 10.8. The number of hydrogen-bond acceptors (Lipinski definition) is 2. The molecule has 7 heteroatoms. The second-order valence-corrected chi connectivity index (χ2v) is 4.76. The maximum Gasteiger partial charge on any atom is 0.416 e. The van der Waals surface area contributed by atoms with Crippen molar-refractivity contribution in [3.63, 3.8) is 0 Å². The predicted octanol–water partition coefficient (Wildman–Crippen LogP) is 2.73. The Balaban J connectivity index is 0.00000200. The lowest BCUT2D eigenvalue weighted by Crippen LogP contribution is -2.29. The van der Waals surface area contributed by atoms with E-state index in [0.717, 1.165) is 6.07 Å². The minimum Gasteiger partial charge on any atom is -0.480 e. The van der Waals surface area contributed by atoms with Gasteiger partial charge in [-0.05, 0) is 36.9 Å². The van der Waals surface area contributed by atoms with E-state index in [1.807, 2.05) is 0 Å². The maximum atomic E-state index is 12.8. The molecule has 2 atom stereocenters. The first kappa shape index (κ1) is 16.8. The molecule has 0 saturated carbocycles. The highest BCUT2D eigenvalue weighted by Gasteiger charge is 2.35. The van der Waals surface area contributed by atoms with Gasteiger partial charge in [0.1, 0.15) is 6.04 Å². The normalized spacial score (nSPS) is 22.4. The molecule has 1 fully saturated rings. The van der Waals surface area contributed by atoms with Crippen molar-refractivity contribution in [1.29, 1.82) is 0 Å². The second kappa shape index (κ2) is 6.45. The first-order chi connectivity index (χ1) is 8.88. The number of aliphatic carboxylic acids is 1. The molecule has 0 unspecified atom stereocenters. The van der Waals surface area contributed by atoms with Crippen LogP contribution in [0.5, 0.6) is 0 Å². The highest BCUT2D eigenvalue weighted by atomic mass is 35.5. The number of alkyl halides is 3. The first-order valence-electron chi connectivity index (χ1n) is 5.99. The van der Waals surface area contributed by atoms with Gasteiger partial charge in [0, 0.05) is 0 Å². The third-order valence-corrected chi connectivity index (χ3v) is 3.35. The minimum atomic E-state index is -4.37. The summed E-state index contributed by atoms with van der Waals surface area (Å²) in [5.74, 6) is -1.03. The Bertz CT molecular complexity index is 479. The molecule has 1 aromatic carbocycles. The molecule has 1 saturated heterocycles. The molecule has 0 aromatic heterocycles. The number of halogens is 4. The Kier molecular flexibility index (Phi) is 5.42. The topological polar surface area (TPSA) is 49.3 Å². The van der Waals surface area contributed by atoms with Crippen molar-refractivity contribution in [2.75, 3.05) is 6.54 Å². The van der Waals surface area contributed by atoms with E-state index in [0.29, 0.717) is 13.0 Å². The lowest BCUT2D eigenvalue weighted by molar-refractivity contribution is -0.139. The number of carboxylic acid groups (broad SMARTS) is 1. The summed E-state index contributed by atoms with van der Waals surface area (Å²) < 4.78 is 38.5. The summed E-state index contributed by atoms with van der Waals surface area (Å²) in [6.07, 6.45) is -3.76. The Hall–Kier alpha value is -1.27. The molecule has 0 bridgehead atoms. The minimum absolute atomic E-state index is 0. The molecule has 2 N–H and O–H groups in total. The Labute approximate surface area is 120 Å². The number of hydrogen-bond donors (Lipinski definition) is 2. The van der Waals surface area contributed by atoms with Crippen LogP contribution in [0.1, 0.15) is 17.5 Å². The molecule has 2 rings (SSSR count). The second-order valence-electron chi connectivity index (χ2n) is 4.76. The van der Waals surface area contributed by atoms with Crippen LogP contribution in [0.25, 0.3) is 0 Å². The van der Waals surface area contributed by atoms with Crippen molar-refractivity contribution in [3.05, 3.63) is 35.4 Å². The fourth-order valence-corrected chi connectivity index (χ4v) is 2.44. The smallest absolute Gasteiger partial charge is 0.416 e. The van der Waals surface area contributed by atoms with Crippen LogP contribution >= 0.6 is 12.4 Å². The van der Waals surface area contributed by atoms with Gasteiger partial charge in [-0.2, -0.15) is 13.2 Å². The van der Waals surface area contributed by atoms with Crippen LogP contribution in [0.3, 0.4) is 0 Å². The predicted molar refractivity (Wildman–Crippen MR) is 69.9 cm³/mol. The zero-order valence-corrected chi connectivity index (χ0v) is 11.3. The molecule has 20 heavy (non-hydrogen) atoms. The number of carbonyl (C=O) groups is 1. The Morgan fingerprint density at radius 1 is 1.35 bits per heavy atom. The standard InChI is InChI=1S/C13H14F3NO2.ClH/c14-13(15,16)10-4-2-1-3-9(10)5-8-6-11(12(18)19)17-7-8;/h1-4,8,11,17H,5-7H2,(H,18,19);1H/t8-,11+;/m1./s1. The molecule has 0 spiro atoms. The molecule has 0 radical (unpaired) electrons. The molecule has 1 aromatic rings. The van der Waals surface area contributed by atoms with Gasteiger partial charge in [-0.15, -0.1) is 12.4 Å². The van der Waals surface area contributed by atoms with E-state index in [1.54, 1.807) is 6.07 Å². The van der Waals surface area contributed by atoms with Gasteiger partial charge in [-0.1, -0.05) is 18.2 Å². The summed E-state index contributed by atoms with van der Waals surface area (Å²) >= 11 is 0. The zero-order valence-electron chi connectivity index (χ0n) is 10.5. The van der Waals surface area contributed by atoms with Crippen LogP contribution in [-0.4, -0.2) is 23.7 Å². The molecule has 112 valence electrons. The van der Waals surface area contributed by atoms with Gasteiger partial charge in [-0.3, -0.25) is 4.79 Å². The summed E-state index contributed by atoms with van der Waals surface area (Å²) in [5.41, 5.74) is -0.401. The number of rotatable bonds is 3. The van der Waals surface area contributed by atoms with Crippen LogP contribution in [0.4, 0.5) is 13.2 Å². The van der Waals surface area contributed by atoms with Crippen molar-refractivity contribution in [2.45, 2.75) is 25.1 Å². The highest BCUT2D eigenvalue weighted by Crippen LogP contribution is 2.33. The molecule has 1 heterocycles. The van der Waals surface area contributed by atoms with E-state index in [-0.39, 0.29) is 30.3 Å². The summed E-state index contributed by atoms with van der Waals surface area (Å²) in [6, 6.07) is 4.80. The van der Waals surface area contributed by atoms with Gasteiger partial charge in [0.05, 0.1) is 5.56 Å². The van der Waals surface area contributed by atoms with E-state index in [2.05, 4.69) is 5.32 Å². The third-order valence-electron chi connectivity index (χ3n) is 3.35. The van der Waals surface area contributed by atoms with Gasteiger partial charge in [0.15, 0.2) is 0 Å². The molecule has 1 aliphatic rings. The van der Waals surface area contributed by atoms with Gasteiger partial charge in [-0.25, -0.2) is 0 Å². The number of carboxylic acids is 1. The summed E-state index contributed by atoms with van der Waals surface area (Å²) in [7, 11) is 0. The van der Waals surface area contributed by atoms with Gasteiger partial charge >= 0.3 is 12.1 Å². The summed E-state index contributed by atoms with van der Waals surface area (Å²) in [5, 5.41) is 11.6. The van der Waals surface area contributed by atoms with Gasteiger partial charge in [0.25, 0.3) is 0 Å². The molecular weight excluding hydrogens is 295 g/mol. The molecule has 1 aliphatic heterocycles. The Morgan fingerprint density at radius 3 is 2.55 bits per heavy atom. The lowest BCUT2D eigenvalue weighted by Gasteiger charge is -2.15. The van der Waals surface area contributed by atoms with Gasteiger partial charge in [0.2, 0.25) is 0 Å². The van der Waals surface area contributed by atoms with Crippen molar-refractivity contribution < 1.29 is 23.1 Å². The van der Waals surface area contributed by atoms with Crippen molar-refractivity contribution in [2.24, 2.45) is 5.92 Å². The molecular formula is C13H15ClF3NO2. The quantitative estimate of drug-likeness (QED) is 0.902. The monoisotopic (exact) mass is 309 g/mol. The van der Waals surface area contributed by atoms with Crippen molar-refractivity contribution in [3.8, 4) is 0 Å². The fourth-order valence-electron chi connectivity index (χ4n) is 2.44. The van der Waals surface area contributed by atoms with E-state index >= 15 is 0 Å². The zero-order chi connectivity index (χ0) is 14.0. The van der Waals surface area contributed by atoms with Gasteiger partial charge < -0.3 is 10.4 Å². The first-order valence-corrected chi connectivity index (χ1v) is 5.99. The SMILES string of the molecule is Cl.O=C(O)[C@@H]1C[C@@H](Cc2ccccc2C(F)(F)F)CN1. The van der Waals surface area contributed by atoms with Crippen LogP contribution in [0.15, 0.2) is 24.3 Å². The summed E-state index contributed by atoms with van der Waals surface area (Å²) in [6.45, 7) is 0.434. The van der Waals surface area contributed by atoms with E-state index in [4.69, 9.17) is 5.11 Å². The average Bonchev–Trinajstić information content (AvgIpc) is 2.77. The fraction of sp³-hybridized carbons (Fsp3) is 0.462. The molecule has 0 aliphatic carbocycles.